The van der Waals surface area contributed by atoms with Gasteiger partial charge in [-0.25, -0.2) is 0 Å². The molecule has 116 valence electrons. The molecule has 0 spiro atoms. The van der Waals surface area contributed by atoms with E-state index in [1.807, 2.05) is 25.1 Å². The molecule has 0 bridgehead atoms. The fourth-order valence-electron chi connectivity index (χ4n) is 2.96. The molecule has 1 aromatic rings. The van der Waals surface area contributed by atoms with Crippen molar-refractivity contribution in [3.8, 4) is 0 Å². The van der Waals surface area contributed by atoms with Crippen molar-refractivity contribution in [2.75, 3.05) is 18.4 Å². The van der Waals surface area contributed by atoms with Crippen LogP contribution in [0.4, 0.5) is 5.69 Å². The van der Waals surface area contributed by atoms with E-state index >= 15 is 0 Å². The van der Waals surface area contributed by atoms with E-state index in [9.17, 15) is 4.79 Å². The molecule has 0 aliphatic heterocycles. The summed E-state index contributed by atoms with van der Waals surface area (Å²) in [5.74, 6) is 0.0554. The van der Waals surface area contributed by atoms with Crippen molar-refractivity contribution in [1.29, 1.82) is 0 Å². The number of anilines is 1. The van der Waals surface area contributed by atoms with Crippen LogP contribution in [0.25, 0.3) is 0 Å². The molecule has 21 heavy (non-hydrogen) atoms. The highest BCUT2D eigenvalue weighted by atomic mass is 16.1. The summed E-state index contributed by atoms with van der Waals surface area (Å²) in [6, 6.07) is 5.91. The lowest BCUT2D eigenvalue weighted by Gasteiger charge is -2.41. The van der Waals surface area contributed by atoms with E-state index in [2.05, 4.69) is 24.5 Å². The van der Waals surface area contributed by atoms with Crippen molar-refractivity contribution >= 4 is 11.6 Å². The normalized spacial score (nSPS) is 16.1. The predicted octanol–water partition coefficient (Wildman–Crippen LogP) is 4.13. The standard InChI is InChI=1S/C18H28N2O/c1-4-11-19-16-8-7-15(12-14(16)3)17(21)20-13-18(5-2)9-6-10-18/h7-8,12,19H,4-6,9-11,13H2,1-3H3,(H,20,21). The van der Waals surface area contributed by atoms with Gasteiger partial charge in [0.15, 0.2) is 0 Å². The van der Waals surface area contributed by atoms with Crippen molar-refractivity contribution in [1.82, 2.24) is 5.32 Å². The molecule has 2 N–H and O–H groups in total. The Morgan fingerprint density at radius 1 is 1.29 bits per heavy atom. The topological polar surface area (TPSA) is 41.1 Å². The Bertz CT molecular complexity index is 486. The largest absolute Gasteiger partial charge is 0.385 e. The lowest BCUT2D eigenvalue weighted by molar-refractivity contribution is 0.0850. The molecule has 0 atom stereocenters. The van der Waals surface area contributed by atoms with Crippen molar-refractivity contribution in [3.63, 3.8) is 0 Å². The van der Waals surface area contributed by atoms with Gasteiger partial charge in [0.25, 0.3) is 5.91 Å². The highest BCUT2D eigenvalue weighted by molar-refractivity contribution is 5.94. The number of rotatable bonds is 7. The van der Waals surface area contributed by atoms with Crippen LogP contribution in [0, 0.1) is 12.3 Å². The minimum absolute atomic E-state index is 0.0554. The van der Waals surface area contributed by atoms with Gasteiger partial charge in [-0.3, -0.25) is 4.79 Å². The van der Waals surface area contributed by atoms with E-state index in [0.29, 0.717) is 5.41 Å². The molecule has 3 nitrogen and oxygen atoms in total. The molecule has 0 radical (unpaired) electrons. The third kappa shape index (κ3) is 3.78. The molecule has 0 unspecified atom stereocenters. The Kier molecular flexibility index (Phi) is 5.27. The molecule has 1 saturated carbocycles. The van der Waals surface area contributed by atoms with Gasteiger partial charge in [0.2, 0.25) is 0 Å². The molecule has 1 fully saturated rings. The molecule has 1 aromatic carbocycles. The van der Waals surface area contributed by atoms with Gasteiger partial charge >= 0.3 is 0 Å². The average molecular weight is 288 g/mol. The van der Waals surface area contributed by atoms with E-state index < -0.39 is 0 Å². The quantitative estimate of drug-likeness (QED) is 0.792. The molecule has 3 heteroatoms. The van der Waals surface area contributed by atoms with Crippen LogP contribution in [-0.2, 0) is 0 Å². The second-order valence-electron chi connectivity index (χ2n) is 6.35. The summed E-state index contributed by atoms with van der Waals surface area (Å²) in [5, 5.41) is 6.50. The van der Waals surface area contributed by atoms with Crippen molar-refractivity contribution < 1.29 is 4.79 Å². The first-order valence-electron chi connectivity index (χ1n) is 8.23. The molecule has 1 amide bonds. The third-order valence-corrected chi connectivity index (χ3v) is 4.84. The first-order valence-corrected chi connectivity index (χ1v) is 8.23. The average Bonchev–Trinajstić information content (AvgIpc) is 2.45. The lowest BCUT2D eigenvalue weighted by atomic mass is 9.67. The van der Waals surface area contributed by atoms with Gasteiger partial charge in [-0.1, -0.05) is 20.3 Å². The van der Waals surface area contributed by atoms with Gasteiger partial charge < -0.3 is 10.6 Å². The molecular formula is C18H28N2O. The highest BCUT2D eigenvalue weighted by Crippen LogP contribution is 2.43. The molecule has 0 aromatic heterocycles. The van der Waals surface area contributed by atoms with E-state index in [1.165, 1.54) is 19.3 Å². The van der Waals surface area contributed by atoms with Crippen molar-refractivity contribution in [2.24, 2.45) is 5.41 Å². The second-order valence-corrected chi connectivity index (χ2v) is 6.35. The maximum absolute atomic E-state index is 12.3. The van der Waals surface area contributed by atoms with Crippen LogP contribution in [0.15, 0.2) is 18.2 Å². The maximum Gasteiger partial charge on any atom is 0.251 e. The van der Waals surface area contributed by atoms with Crippen LogP contribution in [0.2, 0.25) is 0 Å². The molecule has 1 aliphatic rings. The highest BCUT2D eigenvalue weighted by Gasteiger charge is 2.35. The van der Waals surface area contributed by atoms with Crippen LogP contribution < -0.4 is 10.6 Å². The Hall–Kier alpha value is -1.51. The SMILES string of the molecule is CCCNc1ccc(C(=O)NCC2(CC)CCC2)cc1C. The lowest BCUT2D eigenvalue weighted by Crippen LogP contribution is -2.41. The zero-order valence-electron chi connectivity index (χ0n) is 13.6. The van der Waals surface area contributed by atoms with Gasteiger partial charge in [-0.2, -0.15) is 0 Å². The first kappa shape index (κ1) is 15.9. The Morgan fingerprint density at radius 2 is 2.05 bits per heavy atom. The van der Waals surface area contributed by atoms with Gasteiger partial charge in [-0.15, -0.1) is 0 Å². The van der Waals surface area contributed by atoms with Gasteiger partial charge in [-0.05, 0) is 61.8 Å². The van der Waals surface area contributed by atoms with Crippen LogP contribution in [-0.4, -0.2) is 19.0 Å². The fraction of sp³-hybridized carbons (Fsp3) is 0.611. The summed E-state index contributed by atoms with van der Waals surface area (Å²) in [5.41, 5.74) is 3.38. The Labute approximate surface area is 128 Å². The summed E-state index contributed by atoms with van der Waals surface area (Å²) in [4.78, 5) is 12.3. The fourth-order valence-corrected chi connectivity index (χ4v) is 2.96. The summed E-state index contributed by atoms with van der Waals surface area (Å²) >= 11 is 0. The number of nitrogens with one attached hydrogen (secondary N) is 2. The monoisotopic (exact) mass is 288 g/mol. The number of aryl methyl sites for hydroxylation is 1. The van der Waals surface area contributed by atoms with Crippen LogP contribution in [0.3, 0.4) is 0 Å². The van der Waals surface area contributed by atoms with Gasteiger partial charge in [0.1, 0.15) is 0 Å². The maximum atomic E-state index is 12.3. The Balaban J connectivity index is 1.94. The number of hydrogen-bond donors (Lipinski definition) is 2. The van der Waals surface area contributed by atoms with Crippen LogP contribution in [0.5, 0.6) is 0 Å². The summed E-state index contributed by atoms with van der Waals surface area (Å²) in [7, 11) is 0. The smallest absolute Gasteiger partial charge is 0.251 e. The van der Waals surface area contributed by atoms with E-state index in [4.69, 9.17) is 0 Å². The minimum atomic E-state index is 0.0554. The van der Waals surface area contributed by atoms with Crippen molar-refractivity contribution in [2.45, 2.75) is 52.9 Å². The Morgan fingerprint density at radius 3 is 2.57 bits per heavy atom. The number of carbonyl (C=O) groups excluding carboxylic acids is 1. The molecule has 0 saturated heterocycles. The summed E-state index contributed by atoms with van der Waals surface area (Å²) in [6.07, 6.45) is 6.07. The zero-order chi connectivity index (χ0) is 15.3. The third-order valence-electron chi connectivity index (χ3n) is 4.84. The number of benzene rings is 1. The van der Waals surface area contributed by atoms with E-state index in [-0.39, 0.29) is 5.91 Å². The summed E-state index contributed by atoms with van der Waals surface area (Å²) < 4.78 is 0. The van der Waals surface area contributed by atoms with Crippen molar-refractivity contribution in [3.05, 3.63) is 29.3 Å². The number of carbonyl (C=O) groups is 1. The first-order chi connectivity index (χ1) is 10.1. The molecular weight excluding hydrogens is 260 g/mol. The molecule has 2 rings (SSSR count). The van der Waals surface area contributed by atoms with E-state index in [1.54, 1.807) is 0 Å². The van der Waals surface area contributed by atoms with Gasteiger partial charge in [0.05, 0.1) is 0 Å². The minimum Gasteiger partial charge on any atom is -0.385 e. The summed E-state index contributed by atoms with van der Waals surface area (Å²) in [6.45, 7) is 8.20. The predicted molar refractivity (Wildman–Crippen MR) is 88.9 cm³/mol. The number of hydrogen-bond acceptors (Lipinski definition) is 2. The second kappa shape index (κ2) is 6.97. The van der Waals surface area contributed by atoms with Crippen LogP contribution >= 0.6 is 0 Å². The van der Waals surface area contributed by atoms with Crippen LogP contribution in [0.1, 0.15) is 61.9 Å². The molecule has 0 heterocycles. The molecule has 1 aliphatic carbocycles. The van der Waals surface area contributed by atoms with Gasteiger partial charge in [0, 0.05) is 24.3 Å². The zero-order valence-corrected chi connectivity index (χ0v) is 13.6. The number of amides is 1. The van der Waals surface area contributed by atoms with E-state index in [0.717, 1.165) is 42.7 Å².